The standard InChI is InChI=1S/C11H11N5S/c1-16-4-2-8(15-16)6-12-10-9-3-5-17-11(9)14-7-13-10/h2-5,7H,6H2,1H3,(H,12,13,14). The minimum atomic E-state index is 0.669. The van der Waals surface area contributed by atoms with Crippen molar-refractivity contribution >= 4 is 27.4 Å². The van der Waals surface area contributed by atoms with Crippen molar-refractivity contribution in [3.63, 3.8) is 0 Å². The zero-order valence-corrected chi connectivity index (χ0v) is 10.1. The molecule has 0 atom stereocenters. The van der Waals surface area contributed by atoms with Crippen molar-refractivity contribution in [2.24, 2.45) is 7.05 Å². The molecule has 0 bridgehead atoms. The molecule has 0 spiro atoms. The molecule has 0 aliphatic rings. The Morgan fingerprint density at radius 3 is 3.12 bits per heavy atom. The fourth-order valence-corrected chi connectivity index (χ4v) is 2.40. The number of anilines is 1. The molecule has 3 heterocycles. The van der Waals surface area contributed by atoms with Crippen LogP contribution in [0, 0.1) is 0 Å². The smallest absolute Gasteiger partial charge is 0.138 e. The Labute approximate surface area is 102 Å². The predicted octanol–water partition coefficient (Wildman–Crippen LogP) is 2.04. The first kappa shape index (κ1) is 10.2. The molecule has 6 heteroatoms. The van der Waals surface area contributed by atoms with Crippen molar-refractivity contribution in [2.75, 3.05) is 5.32 Å². The highest BCUT2D eigenvalue weighted by Gasteiger charge is 2.04. The average Bonchev–Trinajstić information content (AvgIpc) is 2.94. The maximum atomic E-state index is 4.31. The van der Waals surface area contributed by atoms with Gasteiger partial charge in [0, 0.05) is 13.2 Å². The van der Waals surface area contributed by atoms with E-state index >= 15 is 0 Å². The number of aryl methyl sites for hydroxylation is 1. The number of hydrogen-bond donors (Lipinski definition) is 1. The van der Waals surface area contributed by atoms with Crippen molar-refractivity contribution in [3.8, 4) is 0 Å². The van der Waals surface area contributed by atoms with Gasteiger partial charge in [-0.05, 0) is 17.5 Å². The zero-order valence-electron chi connectivity index (χ0n) is 9.29. The van der Waals surface area contributed by atoms with Crippen LogP contribution in [0.1, 0.15) is 5.69 Å². The van der Waals surface area contributed by atoms with E-state index in [1.165, 1.54) is 0 Å². The third-order valence-corrected chi connectivity index (χ3v) is 3.29. The molecule has 3 aromatic heterocycles. The van der Waals surface area contributed by atoms with E-state index in [-0.39, 0.29) is 0 Å². The van der Waals surface area contributed by atoms with Gasteiger partial charge < -0.3 is 5.32 Å². The summed E-state index contributed by atoms with van der Waals surface area (Å²) in [5.74, 6) is 0.863. The van der Waals surface area contributed by atoms with E-state index in [1.54, 1.807) is 22.3 Å². The number of aromatic nitrogens is 4. The summed E-state index contributed by atoms with van der Waals surface area (Å²) in [6, 6.07) is 4.01. The Kier molecular flexibility index (Phi) is 2.49. The van der Waals surface area contributed by atoms with E-state index in [4.69, 9.17) is 0 Å². The molecule has 0 unspecified atom stereocenters. The van der Waals surface area contributed by atoms with Crippen LogP contribution in [0.25, 0.3) is 10.2 Å². The Hall–Kier alpha value is -1.95. The molecule has 0 aliphatic heterocycles. The van der Waals surface area contributed by atoms with Gasteiger partial charge in [-0.15, -0.1) is 11.3 Å². The van der Waals surface area contributed by atoms with Crippen LogP contribution in [0.15, 0.2) is 30.0 Å². The number of fused-ring (bicyclic) bond motifs is 1. The molecule has 3 rings (SSSR count). The molecule has 0 radical (unpaired) electrons. The zero-order chi connectivity index (χ0) is 11.7. The first-order valence-electron chi connectivity index (χ1n) is 5.23. The van der Waals surface area contributed by atoms with E-state index in [0.29, 0.717) is 6.54 Å². The first-order valence-corrected chi connectivity index (χ1v) is 6.11. The van der Waals surface area contributed by atoms with Gasteiger partial charge in [-0.2, -0.15) is 5.10 Å². The Morgan fingerprint density at radius 1 is 1.35 bits per heavy atom. The molecule has 17 heavy (non-hydrogen) atoms. The highest BCUT2D eigenvalue weighted by Crippen LogP contribution is 2.23. The van der Waals surface area contributed by atoms with E-state index in [0.717, 1.165) is 21.7 Å². The Bertz CT molecular complexity index is 642. The van der Waals surface area contributed by atoms with Gasteiger partial charge in [-0.3, -0.25) is 4.68 Å². The molecule has 0 saturated heterocycles. The molecule has 0 amide bonds. The molecule has 0 aromatic carbocycles. The quantitative estimate of drug-likeness (QED) is 0.767. The minimum Gasteiger partial charge on any atom is -0.364 e. The SMILES string of the molecule is Cn1ccc(CNc2ncnc3sccc23)n1. The van der Waals surface area contributed by atoms with Crippen LogP contribution in [0.5, 0.6) is 0 Å². The van der Waals surface area contributed by atoms with Gasteiger partial charge in [-0.1, -0.05) is 0 Å². The summed E-state index contributed by atoms with van der Waals surface area (Å²) in [5.41, 5.74) is 0.995. The van der Waals surface area contributed by atoms with Gasteiger partial charge in [0.1, 0.15) is 17.0 Å². The molecule has 3 aromatic rings. The predicted molar refractivity (Wildman–Crippen MR) is 67.9 cm³/mol. The summed E-state index contributed by atoms with van der Waals surface area (Å²) < 4.78 is 1.79. The maximum absolute atomic E-state index is 4.31. The minimum absolute atomic E-state index is 0.669. The van der Waals surface area contributed by atoms with Gasteiger partial charge >= 0.3 is 0 Å². The van der Waals surface area contributed by atoms with Gasteiger partial charge in [0.05, 0.1) is 17.6 Å². The lowest BCUT2D eigenvalue weighted by Crippen LogP contribution is -2.03. The first-order chi connectivity index (χ1) is 8.33. The lowest BCUT2D eigenvalue weighted by atomic mass is 10.3. The number of rotatable bonds is 3. The fraction of sp³-hybridized carbons (Fsp3) is 0.182. The summed E-state index contributed by atoms with van der Waals surface area (Å²) >= 11 is 1.62. The second kappa shape index (κ2) is 4.14. The van der Waals surface area contributed by atoms with Gasteiger partial charge in [0.2, 0.25) is 0 Å². The molecular formula is C11H11N5S. The second-order valence-electron chi connectivity index (χ2n) is 3.70. The van der Waals surface area contributed by atoms with Gasteiger partial charge in [0.15, 0.2) is 0 Å². The molecule has 0 aliphatic carbocycles. The molecular weight excluding hydrogens is 234 g/mol. The number of hydrogen-bond acceptors (Lipinski definition) is 5. The monoisotopic (exact) mass is 245 g/mol. The van der Waals surface area contributed by atoms with Crippen LogP contribution >= 0.6 is 11.3 Å². The third-order valence-electron chi connectivity index (χ3n) is 2.47. The van der Waals surface area contributed by atoms with Crippen LogP contribution < -0.4 is 5.32 Å². The molecule has 86 valence electrons. The molecule has 1 N–H and O–H groups in total. The number of nitrogens with one attached hydrogen (secondary N) is 1. The molecule has 5 nitrogen and oxygen atoms in total. The summed E-state index contributed by atoms with van der Waals surface area (Å²) in [6.45, 7) is 0.669. The Balaban J connectivity index is 1.83. The topological polar surface area (TPSA) is 55.6 Å². The van der Waals surface area contributed by atoms with Gasteiger partial charge in [0.25, 0.3) is 0 Å². The van der Waals surface area contributed by atoms with Crippen molar-refractivity contribution in [1.82, 2.24) is 19.7 Å². The second-order valence-corrected chi connectivity index (χ2v) is 4.59. The number of thiophene rings is 1. The normalized spacial score (nSPS) is 10.9. The molecule has 0 fully saturated rings. The van der Waals surface area contributed by atoms with Crippen molar-refractivity contribution in [1.29, 1.82) is 0 Å². The molecule has 0 saturated carbocycles. The summed E-state index contributed by atoms with van der Waals surface area (Å²) in [4.78, 5) is 9.46. The number of nitrogens with zero attached hydrogens (tertiary/aromatic N) is 4. The Morgan fingerprint density at radius 2 is 2.29 bits per heavy atom. The van der Waals surface area contributed by atoms with E-state index < -0.39 is 0 Å². The third kappa shape index (κ3) is 1.99. The van der Waals surface area contributed by atoms with E-state index in [2.05, 4.69) is 20.4 Å². The summed E-state index contributed by atoms with van der Waals surface area (Å²) in [5, 5.41) is 10.7. The van der Waals surface area contributed by atoms with E-state index in [9.17, 15) is 0 Å². The van der Waals surface area contributed by atoms with Crippen molar-refractivity contribution in [2.45, 2.75) is 6.54 Å². The van der Waals surface area contributed by atoms with Gasteiger partial charge in [-0.25, -0.2) is 9.97 Å². The van der Waals surface area contributed by atoms with Crippen LogP contribution in [-0.2, 0) is 13.6 Å². The maximum Gasteiger partial charge on any atom is 0.138 e. The van der Waals surface area contributed by atoms with E-state index in [1.807, 2.05) is 30.8 Å². The van der Waals surface area contributed by atoms with Crippen LogP contribution in [0.4, 0.5) is 5.82 Å². The highest BCUT2D eigenvalue weighted by atomic mass is 32.1. The van der Waals surface area contributed by atoms with Crippen molar-refractivity contribution < 1.29 is 0 Å². The van der Waals surface area contributed by atoms with Crippen LogP contribution in [0.2, 0.25) is 0 Å². The van der Waals surface area contributed by atoms with Crippen LogP contribution in [0.3, 0.4) is 0 Å². The lowest BCUT2D eigenvalue weighted by Gasteiger charge is -2.03. The van der Waals surface area contributed by atoms with Crippen LogP contribution in [-0.4, -0.2) is 19.7 Å². The lowest BCUT2D eigenvalue weighted by molar-refractivity contribution is 0.747. The average molecular weight is 245 g/mol. The summed E-state index contributed by atoms with van der Waals surface area (Å²) in [6.07, 6.45) is 3.51. The summed E-state index contributed by atoms with van der Waals surface area (Å²) in [7, 11) is 1.91. The van der Waals surface area contributed by atoms with Crippen molar-refractivity contribution in [3.05, 3.63) is 35.7 Å². The fourth-order valence-electron chi connectivity index (χ4n) is 1.66. The highest BCUT2D eigenvalue weighted by molar-refractivity contribution is 7.16. The largest absolute Gasteiger partial charge is 0.364 e.